The number of hydrogen-bond acceptors (Lipinski definition) is 0. The van der Waals surface area contributed by atoms with Crippen molar-refractivity contribution in [2.75, 3.05) is 0 Å². The van der Waals surface area contributed by atoms with Crippen LogP contribution < -0.4 is 0 Å². The van der Waals surface area contributed by atoms with E-state index in [4.69, 9.17) is 0 Å². The van der Waals surface area contributed by atoms with Crippen LogP contribution in [0.25, 0.3) is 0 Å². The van der Waals surface area contributed by atoms with Crippen molar-refractivity contribution in [1.29, 1.82) is 0 Å². The third-order valence-corrected chi connectivity index (χ3v) is 4.03. The molecule has 1 rings (SSSR count). The molecular weight excluding hydrogens is 208 g/mol. The Morgan fingerprint density at radius 2 is 1.94 bits per heavy atom. The largest absolute Gasteiger partial charge is 0.132 e. The van der Waals surface area contributed by atoms with E-state index in [0.29, 0.717) is 5.92 Å². The second-order valence-electron chi connectivity index (χ2n) is 5.93. The van der Waals surface area contributed by atoms with Crippen molar-refractivity contribution >= 4 is 8.07 Å². The first-order valence-electron chi connectivity index (χ1n) is 6.70. The van der Waals surface area contributed by atoms with Gasteiger partial charge in [-0.1, -0.05) is 45.1 Å². The van der Waals surface area contributed by atoms with Gasteiger partial charge in [-0.15, -0.1) is 11.5 Å². The van der Waals surface area contributed by atoms with Gasteiger partial charge in [0.2, 0.25) is 0 Å². The van der Waals surface area contributed by atoms with E-state index in [1.165, 1.54) is 25.7 Å². The van der Waals surface area contributed by atoms with Gasteiger partial charge >= 0.3 is 0 Å². The van der Waals surface area contributed by atoms with E-state index in [0.717, 1.165) is 12.3 Å². The van der Waals surface area contributed by atoms with Crippen LogP contribution in [0.3, 0.4) is 0 Å². The van der Waals surface area contributed by atoms with Gasteiger partial charge in [0.25, 0.3) is 0 Å². The van der Waals surface area contributed by atoms with E-state index < -0.39 is 8.07 Å². The Labute approximate surface area is 103 Å². The van der Waals surface area contributed by atoms with Gasteiger partial charge in [0.05, 0.1) is 0 Å². The predicted molar refractivity (Wildman–Crippen MR) is 76.0 cm³/mol. The van der Waals surface area contributed by atoms with Crippen molar-refractivity contribution in [1.82, 2.24) is 0 Å². The first-order chi connectivity index (χ1) is 7.53. The van der Waals surface area contributed by atoms with Crippen LogP contribution in [0.5, 0.6) is 0 Å². The summed E-state index contributed by atoms with van der Waals surface area (Å²) >= 11 is 0. The molecule has 1 aliphatic carbocycles. The molecule has 1 fully saturated rings. The Bertz CT molecular complexity index is 285. The SMILES string of the molecule is CC/C=C\C[C@@H]1CCC[C@@H]1C#C[Si](C)(C)C. The highest BCUT2D eigenvalue weighted by molar-refractivity contribution is 6.83. The second-order valence-corrected chi connectivity index (χ2v) is 10.7. The van der Waals surface area contributed by atoms with Crippen molar-refractivity contribution in [3.8, 4) is 11.5 Å². The second kappa shape index (κ2) is 6.30. The van der Waals surface area contributed by atoms with E-state index in [2.05, 4.69) is 50.2 Å². The molecule has 0 bridgehead atoms. The standard InChI is InChI=1S/C15H26Si/c1-5-6-7-9-14-10-8-11-15(14)12-13-16(2,3)4/h6-7,14-15H,5,8-11H2,1-4H3/b7-6-/t14-,15-/m1/s1. The van der Waals surface area contributed by atoms with Crippen LogP contribution in [-0.4, -0.2) is 8.07 Å². The molecule has 90 valence electrons. The molecule has 0 N–H and O–H groups in total. The minimum Gasteiger partial charge on any atom is -0.132 e. The van der Waals surface area contributed by atoms with E-state index in [1.54, 1.807) is 0 Å². The zero-order valence-corrected chi connectivity index (χ0v) is 12.3. The third kappa shape index (κ3) is 5.03. The summed E-state index contributed by atoms with van der Waals surface area (Å²) in [5, 5.41) is 0. The first kappa shape index (κ1) is 13.6. The molecule has 0 nitrogen and oxygen atoms in total. The van der Waals surface area contributed by atoms with E-state index in [9.17, 15) is 0 Å². The average molecular weight is 234 g/mol. The maximum absolute atomic E-state index is 3.58. The Morgan fingerprint density at radius 1 is 1.19 bits per heavy atom. The van der Waals surface area contributed by atoms with Gasteiger partial charge in [-0.2, -0.15) is 0 Å². The highest BCUT2D eigenvalue weighted by Gasteiger charge is 2.24. The van der Waals surface area contributed by atoms with Gasteiger partial charge in [0, 0.05) is 5.92 Å². The molecule has 0 aliphatic heterocycles. The van der Waals surface area contributed by atoms with E-state index >= 15 is 0 Å². The number of allylic oxidation sites excluding steroid dienone is 2. The van der Waals surface area contributed by atoms with Crippen LogP contribution in [0.15, 0.2) is 12.2 Å². The highest BCUT2D eigenvalue weighted by atomic mass is 28.3. The normalized spacial score (nSPS) is 25.8. The van der Waals surface area contributed by atoms with Crippen molar-refractivity contribution in [2.45, 2.75) is 58.7 Å². The van der Waals surface area contributed by atoms with Crippen LogP contribution >= 0.6 is 0 Å². The lowest BCUT2D eigenvalue weighted by Crippen LogP contribution is -2.17. The van der Waals surface area contributed by atoms with Gasteiger partial charge in [0.15, 0.2) is 0 Å². The van der Waals surface area contributed by atoms with Crippen LogP contribution in [-0.2, 0) is 0 Å². The van der Waals surface area contributed by atoms with Crippen LogP contribution in [0.2, 0.25) is 19.6 Å². The van der Waals surface area contributed by atoms with Gasteiger partial charge in [-0.25, -0.2) is 0 Å². The lowest BCUT2D eigenvalue weighted by atomic mass is 9.93. The third-order valence-electron chi connectivity index (χ3n) is 3.13. The monoisotopic (exact) mass is 234 g/mol. The van der Waals surface area contributed by atoms with Crippen LogP contribution in [0.4, 0.5) is 0 Å². The first-order valence-corrected chi connectivity index (χ1v) is 10.2. The van der Waals surface area contributed by atoms with Crippen molar-refractivity contribution in [3.63, 3.8) is 0 Å². The Balaban J connectivity index is 2.51. The molecule has 0 aromatic rings. The number of rotatable bonds is 3. The maximum Gasteiger partial charge on any atom is 0.129 e. The zero-order valence-electron chi connectivity index (χ0n) is 11.3. The summed E-state index contributed by atoms with van der Waals surface area (Å²) in [6, 6.07) is 0. The Kier molecular flexibility index (Phi) is 5.35. The van der Waals surface area contributed by atoms with Gasteiger partial charge in [-0.05, 0) is 31.6 Å². The minimum absolute atomic E-state index is 0.688. The quantitative estimate of drug-likeness (QED) is 0.379. The van der Waals surface area contributed by atoms with Gasteiger partial charge in [-0.3, -0.25) is 0 Å². The van der Waals surface area contributed by atoms with Gasteiger partial charge in [0.1, 0.15) is 8.07 Å². The molecule has 1 heteroatoms. The van der Waals surface area contributed by atoms with E-state index in [1.807, 2.05) is 0 Å². The highest BCUT2D eigenvalue weighted by Crippen LogP contribution is 2.34. The van der Waals surface area contributed by atoms with Crippen LogP contribution in [0.1, 0.15) is 39.0 Å². The average Bonchev–Trinajstić information content (AvgIpc) is 2.62. The summed E-state index contributed by atoms with van der Waals surface area (Å²) in [5.41, 5.74) is 3.55. The smallest absolute Gasteiger partial charge is 0.129 e. The van der Waals surface area contributed by atoms with Crippen molar-refractivity contribution in [2.24, 2.45) is 11.8 Å². The fourth-order valence-corrected chi connectivity index (χ4v) is 2.87. The molecule has 0 heterocycles. The summed E-state index contributed by atoms with van der Waals surface area (Å²) in [4.78, 5) is 0. The molecule has 0 saturated heterocycles. The van der Waals surface area contributed by atoms with Crippen LogP contribution in [0, 0.1) is 23.3 Å². The van der Waals surface area contributed by atoms with Gasteiger partial charge < -0.3 is 0 Å². The molecule has 0 radical (unpaired) electrons. The lowest BCUT2D eigenvalue weighted by molar-refractivity contribution is 0.477. The summed E-state index contributed by atoms with van der Waals surface area (Å²) in [5.74, 6) is 5.10. The molecule has 1 aliphatic rings. The molecule has 2 atom stereocenters. The van der Waals surface area contributed by atoms with Crippen molar-refractivity contribution < 1.29 is 0 Å². The summed E-state index contributed by atoms with van der Waals surface area (Å²) < 4.78 is 0. The Morgan fingerprint density at radius 3 is 2.56 bits per heavy atom. The Hall–Kier alpha value is -0.483. The van der Waals surface area contributed by atoms with E-state index in [-0.39, 0.29) is 0 Å². The maximum atomic E-state index is 3.58. The fraction of sp³-hybridized carbons (Fsp3) is 0.733. The molecule has 0 aromatic carbocycles. The molecule has 0 amide bonds. The molecule has 16 heavy (non-hydrogen) atoms. The molecule has 0 spiro atoms. The molecular formula is C15H26Si. The lowest BCUT2D eigenvalue weighted by Gasteiger charge is -2.13. The topological polar surface area (TPSA) is 0 Å². The molecule has 1 saturated carbocycles. The molecule has 0 aromatic heterocycles. The summed E-state index contributed by atoms with van der Waals surface area (Å²) in [6.45, 7) is 9.20. The minimum atomic E-state index is -1.17. The van der Waals surface area contributed by atoms with Crippen molar-refractivity contribution in [3.05, 3.63) is 12.2 Å². The fourth-order valence-electron chi connectivity index (χ4n) is 2.26. The summed E-state index contributed by atoms with van der Waals surface area (Å²) in [6.07, 6.45) is 11.2. The molecule has 0 unspecified atom stereocenters. The zero-order chi connectivity index (χ0) is 12.0. The number of hydrogen-bond donors (Lipinski definition) is 0. The predicted octanol–water partition coefficient (Wildman–Crippen LogP) is 4.64. The summed E-state index contributed by atoms with van der Waals surface area (Å²) in [7, 11) is -1.17.